The number of hydrogen-bond acceptors (Lipinski definition) is 6. The number of alkyl halides is 2. The van der Waals surface area contributed by atoms with Crippen LogP contribution in [0.25, 0.3) is 0 Å². The van der Waals surface area contributed by atoms with E-state index in [4.69, 9.17) is 4.74 Å². The van der Waals surface area contributed by atoms with E-state index in [9.17, 15) is 18.0 Å². The molecule has 194 valence electrons. The van der Waals surface area contributed by atoms with Crippen LogP contribution in [0.15, 0.2) is 66.9 Å². The van der Waals surface area contributed by atoms with Gasteiger partial charge in [-0.05, 0) is 67.9 Å². The molecule has 1 fully saturated rings. The standard InChI is InChI=1S/C27H26F3N3O4/c28-20-5-1-2-7-22(20)35-16-15-33-13-10-18(11-14-33)26(34)32-25(21-6-3-4-12-31-21)19-8-9-23-24(17-19)37-27(29,30)36-23/h1-9,12,17-18,25H,10-11,13-16H2,(H,32,34)/t25-/m0/s1. The molecule has 5 rings (SSSR count). The number of amides is 1. The first-order chi connectivity index (χ1) is 17.9. The molecule has 0 aliphatic carbocycles. The van der Waals surface area contributed by atoms with Gasteiger partial charge in [-0.1, -0.05) is 24.3 Å². The number of fused-ring (bicyclic) bond motifs is 1. The Morgan fingerprint density at radius 3 is 2.59 bits per heavy atom. The van der Waals surface area contributed by atoms with Crippen LogP contribution in [0.5, 0.6) is 17.2 Å². The maximum absolute atomic E-state index is 13.7. The molecule has 0 spiro atoms. The molecule has 1 saturated heterocycles. The number of carbonyl (C=O) groups is 1. The normalized spacial score (nSPS) is 17.8. The highest BCUT2D eigenvalue weighted by atomic mass is 19.3. The number of likely N-dealkylation sites (tertiary alicyclic amines) is 1. The van der Waals surface area contributed by atoms with Gasteiger partial charge in [-0.3, -0.25) is 14.7 Å². The van der Waals surface area contributed by atoms with E-state index in [1.165, 1.54) is 18.2 Å². The Kier molecular flexibility index (Phi) is 7.18. The molecule has 0 bridgehead atoms. The molecule has 1 N–H and O–H groups in total. The molecule has 7 nitrogen and oxygen atoms in total. The maximum Gasteiger partial charge on any atom is 0.586 e. The van der Waals surface area contributed by atoms with E-state index in [0.717, 1.165) is 0 Å². The van der Waals surface area contributed by atoms with Crippen LogP contribution in [-0.4, -0.2) is 48.3 Å². The Morgan fingerprint density at radius 2 is 1.84 bits per heavy atom. The van der Waals surface area contributed by atoms with Crippen molar-refractivity contribution in [2.24, 2.45) is 5.92 Å². The molecule has 0 unspecified atom stereocenters. The molecule has 37 heavy (non-hydrogen) atoms. The molecule has 2 aromatic carbocycles. The summed E-state index contributed by atoms with van der Waals surface area (Å²) in [7, 11) is 0. The van der Waals surface area contributed by atoms with Gasteiger partial charge in [0.05, 0.1) is 11.7 Å². The van der Waals surface area contributed by atoms with Gasteiger partial charge < -0.3 is 19.5 Å². The van der Waals surface area contributed by atoms with Crippen LogP contribution in [0.2, 0.25) is 0 Å². The van der Waals surface area contributed by atoms with E-state index >= 15 is 0 Å². The Hall–Kier alpha value is -3.79. The highest BCUT2D eigenvalue weighted by Crippen LogP contribution is 2.42. The first-order valence-electron chi connectivity index (χ1n) is 12.1. The van der Waals surface area contributed by atoms with E-state index in [0.29, 0.717) is 50.3 Å². The first-order valence-corrected chi connectivity index (χ1v) is 12.1. The molecule has 1 aromatic heterocycles. The highest BCUT2D eigenvalue weighted by molar-refractivity contribution is 5.79. The number of halogens is 3. The molecule has 2 aliphatic rings. The number of para-hydroxylation sites is 1. The largest absolute Gasteiger partial charge is 0.586 e. The zero-order chi connectivity index (χ0) is 25.8. The molecule has 2 aliphatic heterocycles. The summed E-state index contributed by atoms with van der Waals surface area (Å²) >= 11 is 0. The van der Waals surface area contributed by atoms with Crippen LogP contribution >= 0.6 is 0 Å². The quantitative estimate of drug-likeness (QED) is 0.477. The summed E-state index contributed by atoms with van der Waals surface area (Å²) in [6, 6.07) is 15.4. The molecule has 1 atom stereocenters. The van der Waals surface area contributed by atoms with E-state index in [1.807, 2.05) is 0 Å². The lowest BCUT2D eigenvalue weighted by molar-refractivity contribution is -0.286. The zero-order valence-corrected chi connectivity index (χ0v) is 19.9. The second-order valence-corrected chi connectivity index (χ2v) is 8.96. The van der Waals surface area contributed by atoms with Gasteiger partial charge in [-0.2, -0.15) is 0 Å². The average Bonchev–Trinajstić information content (AvgIpc) is 3.22. The number of piperidine rings is 1. The van der Waals surface area contributed by atoms with Gasteiger partial charge in [-0.25, -0.2) is 4.39 Å². The molecule has 1 amide bonds. The maximum atomic E-state index is 13.7. The number of nitrogens with zero attached hydrogens (tertiary/aromatic N) is 2. The highest BCUT2D eigenvalue weighted by Gasteiger charge is 2.43. The predicted octanol–water partition coefficient (Wildman–Crippen LogP) is 4.54. The van der Waals surface area contributed by atoms with E-state index in [2.05, 4.69) is 24.7 Å². The van der Waals surface area contributed by atoms with E-state index < -0.39 is 18.2 Å². The molecule has 3 aromatic rings. The summed E-state index contributed by atoms with van der Waals surface area (Å²) in [5, 5.41) is 3.05. The fraction of sp³-hybridized carbons (Fsp3) is 0.333. The molecular weight excluding hydrogens is 487 g/mol. The number of rotatable bonds is 8. The smallest absolute Gasteiger partial charge is 0.489 e. The van der Waals surface area contributed by atoms with Crippen LogP contribution in [0.3, 0.4) is 0 Å². The molecule has 10 heteroatoms. The molecule has 0 saturated carbocycles. The van der Waals surface area contributed by atoms with Crippen LogP contribution in [-0.2, 0) is 4.79 Å². The van der Waals surface area contributed by atoms with Crippen molar-refractivity contribution < 1.29 is 32.2 Å². The zero-order valence-electron chi connectivity index (χ0n) is 19.9. The number of carbonyl (C=O) groups excluding carboxylic acids is 1. The Morgan fingerprint density at radius 1 is 1.08 bits per heavy atom. The van der Waals surface area contributed by atoms with Gasteiger partial charge in [0.1, 0.15) is 6.61 Å². The first kappa shape index (κ1) is 24.9. The summed E-state index contributed by atoms with van der Waals surface area (Å²) in [5.41, 5.74) is 1.12. The number of aromatic nitrogens is 1. The molecule has 0 radical (unpaired) electrons. The van der Waals surface area contributed by atoms with Crippen molar-refractivity contribution in [3.8, 4) is 17.2 Å². The Labute approximate surface area is 212 Å². The SMILES string of the molecule is O=C(N[C@@H](c1ccc2c(c1)OC(F)(F)O2)c1ccccn1)C1CCN(CCOc2ccccc2F)CC1. The van der Waals surface area contributed by atoms with Crippen molar-refractivity contribution in [1.82, 2.24) is 15.2 Å². The summed E-state index contributed by atoms with van der Waals surface area (Å²) in [6.45, 7) is 2.38. The molecular formula is C27H26F3N3O4. The summed E-state index contributed by atoms with van der Waals surface area (Å²) < 4.78 is 55.3. The van der Waals surface area contributed by atoms with Gasteiger partial charge in [0.25, 0.3) is 0 Å². The van der Waals surface area contributed by atoms with Crippen LogP contribution < -0.4 is 19.5 Å². The lowest BCUT2D eigenvalue weighted by Crippen LogP contribution is -2.43. The summed E-state index contributed by atoms with van der Waals surface area (Å²) in [6.07, 6.45) is -0.821. The van der Waals surface area contributed by atoms with Gasteiger partial charge >= 0.3 is 6.29 Å². The molecule has 3 heterocycles. The monoisotopic (exact) mass is 513 g/mol. The van der Waals surface area contributed by atoms with Crippen molar-refractivity contribution in [3.63, 3.8) is 0 Å². The fourth-order valence-electron chi connectivity index (χ4n) is 4.55. The fourth-order valence-corrected chi connectivity index (χ4v) is 4.55. The van der Waals surface area contributed by atoms with E-state index in [-0.39, 0.29) is 29.1 Å². The van der Waals surface area contributed by atoms with Crippen molar-refractivity contribution in [2.45, 2.75) is 25.2 Å². The Balaban J connectivity index is 1.19. The van der Waals surface area contributed by atoms with Crippen molar-refractivity contribution >= 4 is 5.91 Å². The van der Waals surface area contributed by atoms with Crippen molar-refractivity contribution in [3.05, 3.63) is 83.9 Å². The third-order valence-electron chi connectivity index (χ3n) is 6.49. The summed E-state index contributed by atoms with van der Waals surface area (Å²) in [4.78, 5) is 19.8. The van der Waals surface area contributed by atoms with Crippen molar-refractivity contribution in [2.75, 3.05) is 26.2 Å². The lowest BCUT2D eigenvalue weighted by Gasteiger charge is -2.32. The van der Waals surface area contributed by atoms with Gasteiger partial charge in [0.15, 0.2) is 23.1 Å². The minimum Gasteiger partial charge on any atom is -0.489 e. The summed E-state index contributed by atoms with van der Waals surface area (Å²) in [5.74, 6) is -0.676. The number of benzene rings is 2. The lowest BCUT2D eigenvalue weighted by atomic mass is 9.94. The van der Waals surface area contributed by atoms with Gasteiger partial charge in [-0.15, -0.1) is 8.78 Å². The second kappa shape index (κ2) is 10.7. The van der Waals surface area contributed by atoms with E-state index in [1.54, 1.807) is 48.7 Å². The number of nitrogens with one attached hydrogen (secondary N) is 1. The number of ether oxygens (including phenoxy) is 3. The van der Waals surface area contributed by atoms with Gasteiger partial charge in [0.2, 0.25) is 5.91 Å². The van der Waals surface area contributed by atoms with Gasteiger partial charge in [0, 0.05) is 18.7 Å². The third kappa shape index (κ3) is 5.96. The van der Waals surface area contributed by atoms with Crippen LogP contribution in [0.1, 0.15) is 30.1 Å². The topological polar surface area (TPSA) is 72.9 Å². The van der Waals surface area contributed by atoms with Crippen molar-refractivity contribution in [1.29, 1.82) is 0 Å². The van der Waals surface area contributed by atoms with Crippen LogP contribution in [0.4, 0.5) is 13.2 Å². The number of hydrogen-bond donors (Lipinski definition) is 1. The third-order valence-corrected chi connectivity index (χ3v) is 6.49. The number of pyridine rings is 1. The Bertz CT molecular complexity index is 1240. The average molecular weight is 514 g/mol. The minimum atomic E-state index is -3.72. The second-order valence-electron chi connectivity index (χ2n) is 8.96. The minimum absolute atomic E-state index is 0.0637. The van der Waals surface area contributed by atoms with Crippen LogP contribution in [0, 0.1) is 11.7 Å². The predicted molar refractivity (Wildman–Crippen MR) is 128 cm³/mol.